The summed E-state index contributed by atoms with van der Waals surface area (Å²) in [5, 5.41) is 23.4. The van der Waals surface area contributed by atoms with E-state index in [2.05, 4.69) is 23.3 Å². The number of hydrogen-bond donors (Lipinski definition) is 1. The predicted octanol–water partition coefficient (Wildman–Crippen LogP) is 5.41. The van der Waals surface area contributed by atoms with Crippen LogP contribution in [-0.4, -0.2) is 31.5 Å². The number of nitrogens with zero attached hydrogens (tertiary/aromatic N) is 4. The van der Waals surface area contributed by atoms with Gasteiger partial charge < -0.3 is 5.11 Å². The Labute approximate surface area is 190 Å². The first kappa shape index (κ1) is 20.3. The van der Waals surface area contributed by atoms with Gasteiger partial charge in [0, 0.05) is 24.7 Å². The second-order valence-corrected chi connectivity index (χ2v) is 8.13. The Bertz CT molecular complexity index is 1360. The van der Waals surface area contributed by atoms with Crippen LogP contribution in [0.4, 0.5) is 0 Å². The van der Waals surface area contributed by atoms with Crippen LogP contribution in [0.5, 0.6) is 5.75 Å². The molecule has 6 nitrogen and oxygen atoms in total. The van der Waals surface area contributed by atoms with Crippen LogP contribution in [0.25, 0.3) is 10.8 Å². The molecule has 1 amide bonds. The zero-order valence-electron chi connectivity index (χ0n) is 17.4. The Balaban J connectivity index is 1.58. The van der Waals surface area contributed by atoms with Crippen molar-refractivity contribution in [3.8, 4) is 5.75 Å². The van der Waals surface area contributed by atoms with E-state index in [-0.39, 0.29) is 16.5 Å². The van der Waals surface area contributed by atoms with Crippen LogP contribution in [-0.2, 0) is 6.54 Å². The monoisotopic (exact) mass is 444 g/mol. The number of carbonyl (C=O) groups is 1. The number of phenols is 1. The zero-order chi connectivity index (χ0) is 22.2. The highest BCUT2D eigenvalue weighted by Crippen LogP contribution is 2.38. The number of para-hydroxylation sites is 1. The van der Waals surface area contributed by atoms with Gasteiger partial charge in [-0.25, -0.2) is 5.01 Å². The summed E-state index contributed by atoms with van der Waals surface area (Å²) >= 11 is 6.31. The zero-order valence-corrected chi connectivity index (χ0v) is 18.2. The maximum atomic E-state index is 13.5. The number of fused-ring (bicyclic) bond motifs is 1. The van der Waals surface area contributed by atoms with Gasteiger partial charge in [0.15, 0.2) is 5.69 Å². The summed E-state index contributed by atoms with van der Waals surface area (Å²) in [5.74, 6) is -0.276. The van der Waals surface area contributed by atoms with Gasteiger partial charge in [-0.15, -0.1) is 0 Å². The van der Waals surface area contributed by atoms with E-state index in [1.54, 1.807) is 23.0 Å². The van der Waals surface area contributed by atoms with E-state index >= 15 is 0 Å². The lowest BCUT2D eigenvalue weighted by molar-refractivity contribution is 0.0703. The van der Waals surface area contributed by atoms with Gasteiger partial charge in [0.25, 0.3) is 5.91 Å². The van der Waals surface area contributed by atoms with Gasteiger partial charge in [0.2, 0.25) is 0 Å². The summed E-state index contributed by atoms with van der Waals surface area (Å²) in [6.45, 7) is 2.52. The highest BCUT2D eigenvalue weighted by atomic mass is 35.5. The summed E-state index contributed by atoms with van der Waals surface area (Å²) in [5.41, 5.74) is 2.48. The van der Waals surface area contributed by atoms with Crippen molar-refractivity contribution in [3.63, 3.8) is 0 Å². The van der Waals surface area contributed by atoms with Gasteiger partial charge in [-0.05, 0) is 35.4 Å². The van der Waals surface area contributed by atoms with E-state index in [1.165, 1.54) is 5.01 Å². The number of carbonyl (C=O) groups excluding carboxylic acids is 1. The molecule has 1 aromatic heterocycles. The number of rotatable bonds is 4. The minimum Gasteiger partial charge on any atom is -0.508 e. The number of phenolic OH excluding ortho intramolecular Hbond substituents is 1. The van der Waals surface area contributed by atoms with Crippen LogP contribution in [0.3, 0.4) is 0 Å². The molecule has 0 saturated carbocycles. The van der Waals surface area contributed by atoms with E-state index in [0.29, 0.717) is 18.5 Å². The van der Waals surface area contributed by atoms with Crippen molar-refractivity contribution in [2.75, 3.05) is 0 Å². The molecule has 32 heavy (non-hydrogen) atoms. The molecule has 4 aromatic rings. The summed E-state index contributed by atoms with van der Waals surface area (Å²) < 4.78 is 1.62. The molecule has 0 radical (unpaired) electrons. The molecule has 1 atom stereocenters. The third kappa shape index (κ3) is 3.52. The maximum Gasteiger partial charge on any atom is 0.296 e. The molecule has 0 saturated heterocycles. The Morgan fingerprint density at radius 2 is 1.84 bits per heavy atom. The van der Waals surface area contributed by atoms with Crippen LogP contribution in [0.1, 0.15) is 41.0 Å². The molecule has 1 aliphatic heterocycles. The minimum atomic E-state index is -0.465. The number of halogens is 1. The topological polar surface area (TPSA) is 70.7 Å². The van der Waals surface area contributed by atoms with Crippen molar-refractivity contribution in [3.05, 3.63) is 94.8 Å². The smallest absolute Gasteiger partial charge is 0.296 e. The highest BCUT2D eigenvalue weighted by Gasteiger charge is 2.36. The van der Waals surface area contributed by atoms with E-state index in [4.69, 9.17) is 16.7 Å². The fourth-order valence-electron chi connectivity index (χ4n) is 4.07. The van der Waals surface area contributed by atoms with Crippen molar-refractivity contribution in [1.82, 2.24) is 14.8 Å². The van der Waals surface area contributed by atoms with Crippen molar-refractivity contribution in [2.45, 2.75) is 25.9 Å². The second kappa shape index (κ2) is 8.13. The average molecular weight is 445 g/mol. The van der Waals surface area contributed by atoms with Crippen molar-refractivity contribution in [1.29, 1.82) is 0 Å². The van der Waals surface area contributed by atoms with E-state index in [0.717, 1.165) is 22.0 Å². The van der Waals surface area contributed by atoms with E-state index < -0.39 is 11.9 Å². The molecule has 160 valence electrons. The molecular formula is C25H21ClN4O2. The SMILES string of the molecule is CCn1cc(Cl)c(C(=O)N2N=C(c3ccc4ccccc4c3)C[C@@H]2c2ccccc2O)n1. The summed E-state index contributed by atoms with van der Waals surface area (Å²) in [6.07, 6.45) is 2.10. The number of aromatic hydroxyl groups is 1. The predicted molar refractivity (Wildman–Crippen MR) is 125 cm³/mol. The third-order valence-electron chi connectivity index (χ3n) is 5.74. The van der Waals surface area contributed by atoms with Crippen LogP contribution in [0.2, 0.25) is 5.02 Å². The molecular weight excluding hydrogens is 424 g/mol. The average Bonchev–Trinajstić information content (AvgIpc) is 3.42. The van der Waals surface area contributed by atoms with Crippen molar-refractivity contribution in [2.24, 2.45) is 5.10 Å². The first-order chi connectivity index (χ1) is 15.5. The fourth-order valence-corrected chi connectivity index (χ4v) is 4.30. The van der Waals surface area contributed by atoms with Crippen LogP contribution < -0.4 is 0 Å². The molecule has 2 heterocycles. The maximum absolute atomic E-state index is 13.5. The Kier molecular flexibility index (Phi) is 5.15. The number of aromatic nitrogens is 2. The fraction of sp³-hybridized carbons (Fsp3) is 0.160. The third-order valence-corrected chi connectivity index (χ3v) is 6.02. The second-order valence-electron chi connectivity index (χ2n) is 7.72. The Hall–Kier alpha value is -3.64. The van der Waals surface area contributed by atoms with Crippen LogP contribution in [0.15, 0.2) is 78.0 Å². The molecule has 5 rings (SSSR count). The van der Waals surface area contributed by atoms with Gasteiger partial charge in [-0.1, -0.05) is 66.2 Å². The molecule has 1 N–H and O–H groups in total. The molecule has 1 aliphatic rings. The van der Waals surface area contributed by atoms with Crippen LogP contribution in [0, 0.1) is 0 Å². The Morgan fingerprint density at radius 3 is 2.59 bits per heavy atom. The molecule has 0 spiro atoms. The van der Waals surface area contributed by atoms with Crippen molar-refractivity contribution < 1.29 is 9.90 Å². The molecule has 0 unspecified atom stereocenters. The quantitative estimate of drug-likeness (QED) is 0.457. The van der Waals surface area contributed by atoms with Crippen LogP contribution >= 0.6 is 11.6 Å². The number of aryl methyl sites for hydroxylation is 1. The van der Waals surface area contributed by atoms with Gasteiger partial charge >= 0.3 is 0 Å². The number of benzene rings is 3. The number of amides is 1. The lowest BCUT2D eigenvalue weighted by atomic mass is 9.96. The summed E-state index contributed by atoms with van der Waals surface area (Å²) in [4.78, 5) is 13.5. The largest absolute Gasteiger partial charge is 0.508 e. The summed E-state index contributed by atoms with van der Waals surface area (Å²) in [7, 11) is 0. The normalized spacial score (nSPS) is 15.9. The molecule has 7 heteroatoms. The number of hydrazone groups is 1. The lowest BCUT2D eigenvalue weighted by Crippen LogP contribution is -2.28. The first-order valence-corrected chi connectivity index (χ1v) is 10.8. The van der Waals surface area contributed by atoms with Gasteiger partial charge in [-0.2, -0.15) is 10.2 Å². The molecule has 0 fully saturated rings. The molecule has 0 bridgehead atoms. The van der Waals surface area contributed by atoms with E-state index in [1.807, 2.05) is 43.3 Å². The minimum absolute atomic E-state index is 0.121. The van der Waals surface area contributed by atoms with Crippen molar-refractivity contribution >= 4 is 34.0 Å². The lowest BCUT2D eigenvalue weighted by Gasteiger charge is -2.22. The summed E-state index contributed by atoms with van der Waals surface area (Å²) in [6, 6.07) is 20.8. The molecule has 0 aliphatic carbocycles. The Morgan fingerprint density at radius 1 is 1.09 bits per heavy atom. The van der Waals surface area contributed by atoms with Gasteiger partial charge in [0.05, 0.1) is 16.8 Å². The van der Waals surface area contributed by atoms with Gasteiger partial charge in [0.1, 0.15) is 5.75 Å². The van der Waals surface area contributed by atoms with Gasteiger partial charge in [-0.3, -0.25) is 9.48 Å². The van der Waals surface area contributed by atoms with E-state index in [9.17, 15) is 9.90 Å². The standard InChI is InChI=1S/C25H21ClN4O2/c1-2-29-15-20(26)24(28-29)25(32)30-22(19-9-5-6-10-23(19)31)14-21(27-30)18-12-11-16-7-3-4-8-17(16)13-18/h3-13,15,22,31H,2,14H2,1H3/t22-/m1/s1. The number of hydrogen-bond acceptors (Lipinski definition) is 4. The highest BCUT2D eigenvalue weighted by molar-refractivity contribution is 6.33. The first-order valence-electron chi connectivity index (χ1n) is 10.5. The molecule has 3 aromatic carbocycles.